The number of nitrogens with zero attached hydrogens (tertiary/aromatic N) is 1. The quantitative estimate of drug-likeness (QED) is 0.483. The number of hydrogen-bond acceptors (Lipinski definition) is 3. The molecular formula is C23H16Cl4N2O. The number of ether oxygens (including phenoxy) is 1. The Morgan fingerprint density at radius 1 is 0.967 bits per heavy atom. The fraction of sp³-hybridized carbons (Fsp3) is 0.174. The van der Waals surface area contributed by atoms with Crippen LogP contribution in [0.3, 0.4) is 0 Å². The van der Waals surface area contributed by atoms with E-state index in [0.29, 0.717) is 42.5 Å². The molecule has 7 heteroatoms. The summed E-state index contributed by atoms with van der Waals surface area (Å²) in [7, 11) is 0. The van der Waals surface area contributed by atoms with Gasteiger partial charge in [0.25, 0.3) is 0 Å². The molecule has 4 rings (SSSR count). The SMILES string of the molecule is N#CC1=C(N)OC2=C(CCC/C2=C\c2c(Cl)cccc2Cl)[C@@H]1c1c(Cl)cccc1Cl. The van der Waals surface area contributed by atoms with Crippen molar-refractivity contribution in [2.24, 2.45) is 5.73 Å². The molecule has 152 valence electrons. The monoisotopic (exact) mass is 476 g/mol. The van der Waals surface area contributed by atoms with Crippen molar-refractivity contribution < 1.29 is 4.74 Å². The van der Waals surface area contributed by atoms with Gasteiger partial charge in [-0.3, -0.25) is 0 Å². The molecule has 2 aliphatic rings. The third-order valence-corrected chi connectivity index (χ3v) is 6.64. The van der Waals surface area contributed by atoms with Gasteiger partial charge in [0.15, 0.2) is 0 Å². The summed E-state index contributed by atoms with van der Waals surface area (Å²) >= 11 is 25.7. The Morgan fingerprint density at radius 3 is 2.17 bits per heavy atom. The van der Waals surface area contributed by atoms with Crippen LogP contribution in [0.2, 0.25) is 20.1 Å². The maximum atomic E-state index is 9.81. The molecule has 30 heavy (non-hydrogen) atoms. The summed E-state index contributed by atoms with van der Waals surface area (Å²) in [6.45, 7) is 0. The summed E-state index contributed by atoms with van der Waals surface area (Å²) in [5.74, 6) is 0.218. The van der Waals surface area contributed by atoms with Crippen LogP contribution < -0.4 is 5.73 Å². The van der Waals surface area contributed by atoms with Crippen molar-refractivity contribution in [1.82, 2.24) is 0 Å². The third kappa shape index (κ3) is 3.70. The van der Waals surface area contributed by atoms with Crippen molar-refractivity contribution in [3.63, 3.8) is 0 Å². The summed E-state index contributed by atoms with van der Waals surface area (Å²) in [6, 6.07) is 12.8. The molecule has 0 aromatic heterocycles. The summed E-state index contributed by atoms with van der Waals surface area (Å²) in [6.07, 6.45) is 4.29. The van der Waals surface area contributed by atoms with Crippen LogP contribution in [0.1, 0.15) is 36.3 Å². The van der Waals surface area contributed by atoms with E-state index in [2.05, 4.69) is 6.07 Å². The maximum absolute atomic E-state index is 9.81. The number of allylic oxidation sites excluding steroid dienone is 3. The number of hydrogen-bond donors (Lipinski definition) is 1. The highest BCUT2D eigenvalue weighted by Gasteiger charge is 2.37. The van der Waals surface area contributed by atoms with Crippen LogP contribution in [-0.4, -0.2) is 0 Å². The Kier molecular flexibility index (Phi) is 6.04. The van der Waals surface area contributed by atoms with Crippen molar-refractivity contribution in [1.29, 1.82) is 5.26 Å². The highest BCUT2D eigenvalue weighted by Crippen LogP contribution is 2.50. The Balaban J connectivity index is 1.92. The van der Waals surface area contributed by atoms with E-state index in [9.17, 15) is 5.26 Å². The van der Waals surface area contributed by atoms with Crippen molar-refractivity contribution in [3.8, 4) is 6.07 Å². The predicted molar refractivity (Wildman–Crippen MR) is 122 cm³/mol. The van der Waals surface area contributed by atoms with E-state index in [1.165, 1.54) is 0 Å². The molecule has 1 aliphatic carbocycles. The first-order valence-electron chi connectivity index (χ1n) is 9.31. The van der Waals surface area contributed by atoms with Gasteiger partial charge in [-0.05, 0) is 60.8 Å². The molecule has 2 aromatic rings. The molecule has 1 atom stereocenters. The van der Waals surface area contributed by atoms with Gasteiger partial charge >= 0.3 is 0 Å². The van der Waals surface area contributed by atoms with Crippen LogP contribution in [0.5, 0.6) is 0 Å². The second-order valence-electron chi connectivity index (χ2n) is 7.07. The lowest BCUT2D eigenvalue weighted by Gasteiger charge is -2.34. The van der Waals surface area contributed by atoms with Gasteiger partial charge in [0, 0.05) is 31.2 Å². The zero-order chi connectivity index (χ0) is 21.4. The van der Waals surface area contributed by atoms with Gasteiger partial charge in [-0.1, -0.05) is 58.5 Å². The molecule has 1 heterocycles. The molecule has 2 N–H and O–H groups in total. The molecule has 0 spiro atoms. The summed E-state index contributed by atoms with van der Waals surface area (Å²) in [4.78, 5) is 0. The number of benzene rings is 2. The molecule has 1 aliphatic heterocycles. The Labute approximate surface area is 194 Å². The zero-order valence-corrected chi connectivity index (χ0v) is 18.7. The molecule has 0 bridgehead atoms. The smallest absolute Gasteiger partial charge is 0.205 e. The van der Waals surface area contributed by atoms with E-state index >= 15 is 0 Å². The number of nitriles is 1. The van der Waals surface area contributed by atoms with E-state index in [0.717, 1.165) is 30.4 Å². The van der Waals surface area contributed by atoms with Crippen molar-refractivity contribution in [2.45, 2.75) is 25.2 Å². The van der Waals surface area contributed by atoms with Gasteiger partial charge in [0.05, 0.1) is 5.92 Å². The number of nitrogens with two attached hydrogens (primary N) is 1. The first-order chi connectivity index (χ1) is 14.4. The minimum Gasteiger partial charge on any atom is -0.440 e. The van der Waals surface area contributed by atoms with Gasteiger partial charge in [0.2, 0.25) is 5.88 Å². The lowest BCUT2D eigenvalue weighted by molar-refractivity contribution is 0.277. The minimum absolute atomic E-state index is 0.0512. The molecule has 0 saturated heterocycles. The van der Waals surface area contributed by atoms with Crippen LogP contribution in [0.15, 0.2) is 64.8 Å². The highest BCUT2D eigenvalue weighted by atomic mass is 35.5. The van der Waals surface area contributed by atoms with Gasteiger partial charge in [-0.15, -0.1) is 0 Å². The van der Waals surface area contributed by atoms with Gasteiger partial charge < -0.3 is 10.5 Å². The first kappa shape index (κ1) is 21.2. The normalized spacial score (nSPS) is 20.1. The van der Waals surface area contributed by atoms with Crippen molar-refractivity contribution >= 4 is 52.5 Å². The van der Waals surface area contributed by atoms with Crippen molar-refractivity contribution in [2.75, 3.05) is 0 Å². The Bertz CT molecular complexity index is 1130. The molecule has 0 unspecified atom stereocenters. The second-order valence-corrected chi connectivity index (χ2v) is 8.70. The van der Waals surface area contributed by atoms with Crippen LogP contribution in [-0.2, 0) is 4.74 Å². The van der Waals surface area contributed by atoms with E-state index in [4.69, 9.17) is 56.9 Å². The van der Waals surface area contributed by atoms with E-state index in [1.54, 1.807) is 36.4 Å². The molecule has 0 amide bonds. The minimum atomic E-state index is -0.467. The van der Waals surface area contributed by atoms with Gasteiger partial charge in [-0.2, -0.15) is 5.26 Å². The zero-order valence-electron chi connectivity index (χ0n) is 15.7. The molecular weight excluding hydrogens is 462 g/mol. The fourth-order valence-electron chi connectivity index (χ4n) is 3.98. The highest BCUT2D eigenvalue weighted by molar-refractivity contribution is 6.37. The summed E-state index contributed by atoms with van der Waals surface area (Å²) in [5.41, 5.74) is 9.70. The average Bonchev–Trinajstić information content (AvgIpc) is 2.71. The number of halogens is 4. The molecule has 0 radical (unpaired) electrons. The van der Waals surface area contributed by atoms with Crippen LogP contribution in [0.4, 0.5) is 0 Å². The lowest BCUT2D eigenvalue weighted by Crippen LogP contribution is -2.24. The summed E-state index contributed by atoms with van der Waals surface area (Å²) in [5, 5.41) is 11.9. The molecule has 3 nitrogen and oxygen atoms in total. The summed E-state index contributed by atoms with van der Waals surface area (Å²) < 4.78 is 5.96. The van der Waals surface area contributed by atoms with E-state index in [1.807, 2.05) is 6.08 Å². The van der Waals surface area contributed by atoms with Crippen LogP contribution in [0.25, 0.3) is 6.08 Å². The van der Waals surface area contributed by atoms with E-state index in [-0.39, 0.29) is 5.88 Å². The van der Waals surface area contributed by atoms with Gasteiger partial charge in [-0.25, -0.2) is 0 Å². The maximum Gasteiger partial charge on any atom is 0.205 e. The molecule has 2 aromatic carbocycles. The second kappa shape index (κ2) is 8.57. The van der Waals surface area contributed by atoms with Crippen LogP contribution in [0, 0.1) is 11.3 Å². The van der Waals surface area contributed by atoms with Crippen LogP contribution >= 0.6 is 46.4 Å². The first-order valence-corrected chi connectivity index (χ1v) is 10.8. The Hall–Kier alpha value is -2.09. The fourth-order valence-corrected chi connectivity index (χ4v) is 5.10. The van der Waals surface area contributed by atoms with E-state index < -0.39 is 5.92 Å². The molecule has 0 fully saturated rings. The topological polar surface area (TPSA) is 59.0 Å². The van der Waals surface area contributed by atoms with Crippen molar-refractivity contribution in [3.05, 3.63) is 96.0 Å². The predicted octanol–water partition coefficient (Wildman–Crippen LogP) is 7.63. The number of rotatable bonds is 2. The standard InChI is InChI=1S/C23H16Cl4N2O/c24-16-6-2-7-17(25)14(16)10-12-4-1-5-13-20(15(11-28)23(29)30-22(12)13)21-18(26)8-3-9-19(21)27/h2-3,6-10,20H,1,4-5,29H2/b12-10+/t20-/m0/s1. The largest absolute Gasteiger partial charge is 0.440 e. The average molecular weight is 478 g/mol. The molecule has 0 saturated carbocycles. The van der Waals surface area contributed by atoms with Gasteiger partial charge in [0.1, 0.15) is 17.4 Å². The Morgan fingerprint density at radius 2 is 1.57 bits per heavy atom. The lowest BCUT2D eigenvalue weighted by atomic mass is 9.77. The third-order valence-electron chi connectivity index (χ3n) is 5.32.